The third-order valence-electron chi connectivity index (χ3n) is 3.79. The van der Waals surface area contributed by atoms with Crippen LogP contribution in [0.3, 0.4) is 0 Å². The van der Waals surface area contributed by atoms with Gasteiger partial charge in [0.2, 0.25) is 0 Å². The van der Waals surface area contributed by atoms with Crippen molar-refractivity contribution >= 4 is 0 Å². The predicted molar refractivity (Wildman–Crippen MR) is 76.5 cm³/mol. The van der Waals surface area contributed by atoms with E-state index in [-0.39, 0.29) is 6.04 Å². The van der Waals surface area contributed by atoms with E-state index >= 15 is 0 Å². The maximum Gasteiger partial charge on any atom is 0.0424 e. The number of rotatable bonds is 5. The fraction of sp³-hybridized carbons (Fsp3) is 0.600. The molecule has 0 aliphatic carbocycles. The molecule has 1 aliphatic heterocycles. The second-order valence-corrected chi connectivity index (χ2v) is 5.66. The van der Waals surface area contributed by atoms with E-state index in [1.807, 2.05) is 6.07 Å². The first kappa shape index (κ1) is 13.5. The van der Waals surface area contributed by atoms with Crippen LogP contribution in [-0.2, 0) is 0 Å². The van der Waals surface area contributed by atoms with Crippen molar-refractivity contribution in [3.8, 4) is 0 Å². The molecule has 1 fully saturated rings. The van der Waals surface area contributed by atoms with E-state index in [1.165, 1.54) is 25.1 Å². The summed E-state index contributed by atoms with van der Waals surface area (Å²) in [5.41, 5.74) is 7.47. The van der Waals surface area contributed by atoms with Gasteiger partial charge in [0.05, 0.1) is 0 Å². The summed E-state index contributed by atoms with van der Waals surface area (Å²) in [5.74, 6) is 0.808. The number of likely N-dealkylation sites (tertiary alicyclic amines) is 1. The van der Waals surface area contributed by atoms with Crippen LogP contribution in [0.25, 0.3) is 0 Å². The Morgan fingerprint density at radius 2 is 2.11 bits per heavy atom. The van der Waals surface area contributed by atoms with Gasteiger partial charge in [-0.05, 0) is 38.5 Å². The van der Waals surface area contributed by atoms with Crippen LogP contribution in [-0.4, -0.2) is 50.1 Å². The first-order valence-electron chi connectivity index (χ1n) is 6.83. The fourth-order valence-electron chi connectivity index (χ4n) is 2.83. The summed E-state index contributed by atoms with van der Waals surface area (Å²) >= 11 is 0. The van der Waals surface area contributed by atoms with Gasteiger partial charge < -0.3 is 15.5 Å². The van der Waals surface area contributed by atoms with Crippen LogP contribution in [0, 0.1) is 5.92 Å². The highest BCUT2D eigenvalue weighted by Gasteiger charge is 2.21. The van der Waals surface area contributed by atoms with Crippen molar-refractivity contribution in [2.45, 2.75) is 12.5 Å². The smallest absolute Gasteiger partial charge is 0.0424 e. The van der Waals surface area contributed by atoms with Crippen LogP contribution >= 0.6 is 0 Å². The maximum atomic E-state index is 6.25. The van der Waals surface area contributed by atoms with Gasteiger partial charge in [-0.25, -0.2) is 0 Å². The molecule has 0 amide bonds. The highest BCUT2D eigenvalue weighted by molar-refractivity contribution is 5.18. The third kappa shape index (κ3) is 3.80. The molecule has 0 saturated carbocycles. The molecule has 3 heteroatoms. The Morgan fingerprint density at radius 3 is 2.72 bits per heavy atom. The number of nitrogens with zero attached hydrogens (tertiary/aromatic N) is 2. The molecule has 2 rings (SSSR count). The largest absolute Gasteiger partial charge is 0.323 e. The lowest BCUT2D eigenvalue weighted by molar-refractivity contribution is 0.260. The Bertz CT molecular complexity index is 352. The molecule has 1 unspecified atom stereocenters. The molecule has 0 aromatic heterocycles. The van der Waals surface area contributed by atoms with E-state index in [2.05, 4.69) is 48.2 Å². The lowest BCUT2D eigenvalue weighted by Gasteiger charge is -2.24. The highest BCUT2D eigenvalue weighted by Crippen LogP contribution is 2.17. The lowest BCUT2D eigenvalue weighted by atomic mass is 10.1. The van der Waals surface area contributed by atoms with Crippen LogP contribution < -0.4 is 5.73 Å². The number of benzene rings is 1. The standard InChI is InChI=1S/C15H25N3/c1-17-9-8-13(10-17)11-18(2)12-15(16)14-6-4-3-5-7-14/h3-7,13,15H,8-12,16H2,1-2H3/t13?,15-/m1/s1. The summed E-state index contributed by atoms with van der Waals surface area (Å²) < 4.78 is 0. The summed E-state index contributed by atoms with van der Waals surface area (Å²) in [6.07, 6.45) is 1.32. The van der Waals surface area contributed by atoms with Crippen molar-refractivity contribution < 1.29 is 0 Å². The Morgan fingerprint density at radius 1 is 1.39 bits per heavy atom. The monoisotopic (exact) mass is 247 g/mol. The van der Waals surface area contributed by atoms with Gasteiger partial charge in [0.1, 0.15) is 0 Å². The van der Waals surface area contributed by atoms with E-state index in [4.69, 9.17) is 5.73 Å². The summed E-state index contributed by atoms with van der Waals surface area (Å²) in [4.78, 5) is 4.79. The minimum absolute atomic E-state index is 0.121. The van der Waals surface area contributed by atoms with Crippen LogP contribution in [0.4, 0.5) is 0 Å². The highest BCUT2D eigenvalue weighted by atomic mass is 15.2. The van der Waals surface area contributed by atoms with Gasteiger partial charge in [-0.15, -0.1) is 0 Å². The van der Waals surface area contributed by atoms with E-state index in [1.54, 1.807) is 0 Å². The molecule has 1 aromatic rings. The molecule has 0 bridgehead atoms. The van der Waals surface area contributed by atoms with Crippen LogP contribution in [0.15, 0.2) is 30.3 Å². The number of nitrogens with two attached hydrogens (primary N) is 1. The van der Waals surface area contributed by atoms with Crippen LogP contribution in [0.5, 0.6) is 0 Å². The topological polar surface area (TPSA) is 32.5 Å². The summed E-state index contributed by atoms with van der Waals surface area (Å²) in [5, 5.41) is 0. The summed E-state index contributed by atoms with van der Waals surface area (Å²) in [6, 6.07) is 10.5. The zero-order chi connectivity index (χ0) is 13.0. The maximum absolute atomic E-state index is 6.25. The van der Waals surface area contributed by atoms with Gasteiger partial charge in [0.25, 0.3) is 0 Å². The first-order valence-corrected chi connectivity index (χ1v) is 6.83. The van der Waals surface area contributed by atoms with E-state index in [0.29, 0.717) is 0 Å². The van der Waals surface area contributed by atoms with Gasteiger partial charge in [-0.3, -0.25) is 0 Å². The Balaban J connectivity index is 1.78. The zero-order valence-corrected chi connectivity index (χ0v) is 11.5. The first-order chi connectivity index (χ1) is 8.65. The molecule has 0 spiro atoms. The quantitative estimate of drug-likeness (QED) is 0.857. The second-order valence-electron chi connectivity index (χ2n) is 5.66. The molecule has 1 saturated heterocycles. The molecule has 100 valence electrons. The van der Waals surface area contributed by atoms with Gasteiger partial charge in [0.15, 0.2) is 0 Å². The minimum atomic E-state index is 0.121. The zero-order valence-electron chi connectivity index (χ0n) is 11.5. The molecule has 1 heterocycles. The van der Waals surface area contributed by atoms with Gasteiger partial charge in [-0.1, -0.05) is 30.3 Å². The molecule has 1 aromatic carbocycles. The van der Waals surface area contributed by atoms with E-state index in [0.717, 1.165) is 19.0 Å². The molecule has 2 atom stereocenters. The lowest BCUT2D eigenvalue weighted by Crippen LogP contribution is -2.33. The normalized spacial score (nSPS) is 22.6. The molecule has 0 radical (unpaired) electrons. The van der Waals surface area contributed by atoms with Gasteiger partial charge in [0, 0.05) is 25.7 Å². The predicted octanol–water partition coefficient (Wildman–Crippen LogP) is 1.57. The average Bonchev–Trinajstić information content (AvgIpc) is 2.75. The third-order valence-corrected chi connectivity index (χ3v) is 3.79. The average molecular weight is 247 g/mol. The minimum Gasteiger partial charge on any atom is -0.323 e. The van der Waals surface area contributed by atoms with Crippen LogP contribution in [0.2, 0.25) is 0 Å². The number of hydrogen-bond donors (Lipinski definition) is 1. The van der Waals surface area contributed by atoms with Gasteiger partial charge in [-0.2, -0.15) is 0 Å². The SMILES string of the molecule is CN1CCC(CN(C)C[C@@H](N)c2ccccc2)C1. The Kier molecular flexibility index (Phi) is 4.75. The molecular weight excluding hydrogens is 222 g/mol. The number of hydrogen-bond acceptors (Lipinski definition) is 3. The molecule has 2 N–H and O–H groups in total. The summed E-state index contributed by atoms with van der Waals surface area (Å²) in [7, 11) is 4.39. The van der Waals surface area contributed by atoms with Crippen molar-refractivity contribution in [3.05, 3.63) is 35.9 Å². The van der Waals surface area contributed by atoms with Crippen molar-refractivity contribution in [2.75, 3.05) is 40.3 Å². The molecular formula is C15H25N3. The van der Waals surface area contributed by atoms with Crippen molar-refractivity contribution in [1.82, 2.24) is 9.80 Å². The molecule has 3 nitrogen and oxygen atoms in total. The Hall–Kier alpha value is -0.900. The second kappa shape index (κ2) is 6.32. The van der Waals surface area contributed by atoms with Crippen molar-refractivity contribution in [3.63, 3.8) is 0 Å². The van der Waals surface area contributed by atoms with Crippen molar-refractivity contribution in [2.24, 2.45) is 11.7 Å². The molecule has 1 aliphatic rings. The Labute approximate surface area is 111 Å². The fourth-order valence-corrected chi connectivity index (χ4v) is 2.83. The van der Waals surface area contributed by atoms with Crippen molar-refractivity contribution in [1.29, 1.82) is 0 Å². The molecule has 18 heavy (non-hydrogen) atoms. The van der Waals surface area contributed by atoms with E-state index < -0.39 is 0 Å². The van der Waals surface area contributed by atoms with Crippen LogP contribution in [0.1, 0.15) is 18.0 Å². The van der Waals surface area contributed by atoms with Gasteiger partial charge >= 0.3 is 0 Å². The summed E-state index contributed by atoms with van der Waals surface area (Å²) in [6.45, 7) is 4.56. The number of likely N-dealkylation sites (N-methyl/N-ethyl adjacent to an activating group) is 1. The van der Waals surface area contributed by atoms with E-state index in [9.17, 15) is 0 Å².